The molecule has 7 heteroatoms. The fraction of sp³-hybridized carbons (Fsp3) is 0.600. The molecular formula is C15H23N3O3S. The zero-order chi connectivity index (χ0) is 16.2. The highest BCUT2D eigenvalue weighted by Gasteiger charge is 2.24. The number of hydrogen-bond acceptors (Lipinski definition) is 4. The highest BCUT2D eigenvalue weighted by atomic mass is 32.2. The minimum absolute atomic E-state index is 0.0499. The molecule has 1 amide bonds. The van der Waals surface area contributed by atoms with Crippen molar-refractivity contribution in [2.75, 3.05) is 11.1 Å². The number of nitrogens with zero attached hydrogens (tertiary/aromatic N) is 1. The summed E-state index contributed by atoms with van der Waals surface area (Å²) >= 11 is 0. The molecule has 0 saturated heterocycles. The number of pyridine rings is 1. The number of anilines is 1. The van der Waals surface area contributed by atoms with Crippen molar-refractivity contribution in [1.29, 1.82) is 0 Å². The average molecular weight is 325 g/mol. The van der Waals surface area contributed by atoms with E-state index in [9.17, 15) is 13.2 Å². The van der Waals surface area contributed by atoms with E-state index in [0.717, 1.165) is 31.4 Å². The highest BCUT2D eigenvalue weighted by Crippen LogP contribution is 2.23. The monoisotopic (exact) mass is 325 g/mol. The SMILES string of the molecule is Cc1cccc(NC(=O)CS(=O)(=O)NC2CCC(C)CC2)n1. The Balaban J connectivity index is 1.87. The first-order valence-corrected chi connectivity index (χ1v) is 9.23. The highest BCUT2D eigenvalue weighted by molar-refractivity contribution is 7.90. The molecule has 22 heavy (non-hydrogen) atoms. The van der Waals surface area contributed by atoms with Gasteiger partial charge in [0.1, 0.15) is 11.6 Å². The van der Waals surface area contributed by atoms with E-state index in [1.54, 1.807) is 25.1 Å². The molecule has 0 aromatic carbocycles. The lowest BCUT2D eigenvalue weighted by Gasteiger charge is -2.26. The second kappa shape index (κ2) is 7.19. The fourth-order valence-electron chi connectivity index (χ4n) is 2.64. The van der Waals surface area contributed by atoms with Crippen LogP contribution in [0, 0.1) is 12.8 Å². The number of nitrogens with one attached hydrogen (secondary N) is 2. The van der Waals surface area contributed by atoms with Gasteiger partial charge in [-0.05, 0) is 50.7 Å². The molecule has 122 valence electrons. The van der Waals surface area contributed by atoms with Crippen LogP contribution in [0.5, 0.6) is 0 Å². The van der Waals surface area contributed by atoms with Gasteiger partial charge < -0.3 is 5.32 Å². The topological polar surface area (TPSA) is 88.2 Å². The summed E-state index contributed by atoms with van der Waals surface area (Å²) in [5.41, 5.74) is 0.759. The molecule has 1 aliphatic rings. The maximum atomic E-state index is 12.1. The predicted octanol–water partition coefficient (Wildman–Crippen LogP) is 1.83. The van der Waals surface area contributed by atoms with Gasteiger partial charge in [0.2, 0.25) is 15.9 Å². The minimum Gasteiger partial charge on any atom is -0.310 e. The first kappa shape index (κ1) is 16.9. The third-order valence-electron chi connectivity index (χ3n) is 3.84. The zero-order valence-corrected chi connectivity index (χ0v) is 13.8. The number of aryl methyl sites for hydroxylation is 1. The Morgan fingerprint density at radius 1 is 1.27 bits per heavy atom. The molecule has 1 aromatic heterocycles. The van der Waals surface area contributed by atoms with Crippen LogP contribution in [-0.4, -0.2) is 31.1 Å². The van der Waals surface area contributed by atoms with E-state index in [-0.39, 0.29) is 6.04 Å². The van der Waals surface area contributed by atoms with Gasteiger partial charge in [0, 0.05) is 11.7 Å². The number of sulfonamides is 1. The summed E-state index contributed by atoms with van der Waals surface area (Å²) in [6, 6.07) is 5.14. The lowest BCUT2D eigenvalue weighted by molar-refractivity contribution is -0.113. The van der Waals surface area contributed by atoms with Gasteiger partial charge in [-0.1, -0.05) is 13.0 Å². The molecule has 1 aliphatic carbocycles. The van der Waals surface area contributed by atoms with Crippen LogP contribution in [0.25, 0.3) is 0 Å². The van der Waals surface area contributed by atoms with Crippen molar-refractivity contribution in [1.82, 2.24) is 9.71 Å². The third kappa shape index (κ3) is 5.38. The van der Waals surface area contributed by atoms with Crippen LogP contribution in [0.15, 0.2) is 18.2 Å². The first-order valence-electron chi connectivity index (χ1n) is 7.57. The quantitative estimate of drug-likeness (QED) is 0.864. The van der Waals surface area contributed by atoms with Gasteiger partial charge in [-0.25, -0.2) is 18.1 Å². The van der Waals surface area contributed by atoms with Crippen LogP contribution in [0.4, 0.5) is 5.82 Å². The van der Waals surface area contributed by atoms with Crippen molar-refractivity contribution in [3.63, 3.8) is 0 Å². The predicted molar refractivity (Wildman–Crippen MR) is 85.9 cm³/mol. The van der Waals surface area contributed by atoms with E-state index in [1.807, 2.05) is 0 Å². The maximum Gasteiger partial charge on any atom is 0.242 e. The number of hydrogen-bond donors (Lipinski definition) is 2. The summed E-state index contributed by atoms with van der Waals surface area (Å²) in [6.07, 6.45) is 3.71. The zero-order valence-electron chi connectivity index (χ0n) is 13.0. The first-order chi connectivity index (χ1) is 10.3. The summed E-state index contributed by atoms with van der Waals surface area (Å²) < 4.78 is 26.7. The summed E-state index contributed by atoms with van der Waals surface area (Å²) in [6.45, 7) is 3.98. The van der Waals surface area contributed by atoms with Crippen LogP contribution in [0.3, 0.4) is 0 Å². The fourth-order valence-corrected chi connectivity index (χ4v) is 3.88. The molecule has 2 rings (SSSR count). The molecule has 0 atom stereocenters. The smallest absolute Gasteiger partial charge is 0.242 e. The van der Waals surface area contributed by atoms with Crippen LogP contribution >= 0.6 is 0 Å². The van der Waals surface area contributed by atoms with Crippen molar-refractivity contribution in [2.24, 2.45) is 5.92 Å². The Morgan fingerprint density at radius 3 is 2.59 bits per heavy atom. The number of amides is 1. The van der Waals surface area contributed by atoms with E-state index < -0.39 is 21.7 Å². The summed E-state index contributed by atoms with van der Waals surface area (Å²) in [5, 5.41) is 2.51. The number of rotatable bonds is 5. The second-order valence-corrected chi connectivity index (χ2v) is 7.80. The van der Waals surface area contributed by atoms with Crippen LogP contribution in [0.1, 0.15) is 38.3 Å². The van der Waals surface area contributed by atoms with Crippen molar-refractivity contribution < 1.29 is 13.2 Å². The number of carbonyl (C=O) groups excluding carboxylic acids is 1. The number of carbonyl (C=O) groups is 1. The largest absolute Gasteiger partial charge is 0.310 e. The number of aromatic nitrogens is 1. The van der Waals surface area contributed by atoms with Crippen molar-refractivity contribution in [3.8, 4) is 0 Å². The van der Waals surface area contributed by atoms with Gasteiger partial charge in [0.25, 0.3) is 0 Å². The Kier molecular flexibility index (Phi) is 5.52. The molecule has 1 fully saturated rings. The summed E-state index contributed by atoms with van der Waals surface area (Å²) in [5.74, 6) is -0.132. The Morgan fingerprint density at radius 2 is 1.95 bits per heavy atom. The summed E-state index contributed by atoms with van der Waals surface area (Å²) in [4.78, 5) is 16.0. The lowest BCUT2D eigenvalue weighted by atomic mass is 9.88. The molecule has 0 bridgehead atoms. The van der Waals surface area contributed by atoms with E-state index in [4.69, 9.17) is 0 Å². The molecule has 1 saturated carbocycles. The molecule has 0 radical (unpaired) electrons. The minimum atomic E-state index is -3.62. The van der Waals surface area contributed by atoms with Gasteiger partial charge in [-0.2, -0.15) is 0 Å². The average Bonchev–Trinajstić information content (AvgIpc) is 2.40. The van der Waals surface area contributed by atoms with E-state index >= 15 is 0 Å². The van der Waals surface area contributed by atoms with Crippen molar-refractivity contribution in [2.45, 2.75) is 45.6 Å². The molecular weight excluding hydrogens is 302 g/mol. The van der Waals surface area contributed by atoms with Crippen LogP contribution in [0.2, 0.25) is 0 Å². The molecule has 2 N–H and O–H groups in total. The molecule has 0 unspecified atom stereocenters. The lowest BCUT2D eigenvalue weighted by Crippen LogP contribution is -2.41. The standard InChI is InChI=1S/C15H23N3O3S/c1-11-6-8-13(9-7-11)18-22(20,21)10-15(19)17-14-5-3-4-12(2)16-14/h3-5,11,13,18H,6-10H2,1-2H3,(H,16,17,19). The Bertz CT molecular complexity index is 623. The molecule has 0 spiro atoms. The third-order valence-corrected chi connectivity index (χ3v) is 5.17. The van der Waals surface area contributed by atoms with Gasteiger partial charge in [-0.3, -0.25) is 4.79 Å². The Labute approximate surface area is 131 Å². The van der Waals surface area contributed by atoms with Gasteiger partial charge in [-0.15, -0.1) is 0 Å². The van der Waals surface area contributed by atoms with Crippen LogP contribution in [-0.2, 0) is 14.8 Å². The van der Waals surface area contributed by atoms with Gasteiger partial charge >= 0.3 is 0 Å². The van der Waals surface area contributed by atoms with Crippen LogP contribution < -0.4 is 10.0 Å². The van der Waals surface area contributed by atoms with E-state index in [1.165, 1.54) is 0 Å². The molecule has 0 aliphatic heterocycles. The maximum absolute atomic E-state index is 12.1. The molecule has 1 heterocycles. The molecule has 6 nitrogen and oxygen atoms in total. The van der Waals surface area contributed by atoms with Gasteiger partial charge in [0.15, 0.2) is 0 Å². The van der Waals surface area contributed by atoms with Crippen molar-refractivity contribution >= 4 is 21.7 Å². The van der Waals surface area contributed by atoms with E-state index in [2.05, 4.69) is 21.9 Å². The normalized spacial score (nSPS) is 22.3. The Hall–Kier alpha value is -1.47. The van der Waals surface area contributed by atoms with Gasteiger partial charge in [0.05, 0.1) is 0 Å². The second-order valence-electron chi connectivity index (χ2n) is 6.05. The summed E-state index contributed by atoms with van der Waals surface area (Å²) in [7, 11) is -3.62. The van der Waals surface area contributed by atoms with E-state index in [0.29, 0.717) is 11.7 Å². The van der Waals surface area contributed by atoms with Crippen molar-refractivity contribution in [3.05, 3.63) is 23.9 Å². The molecule has 1 aromatic rings.